The van der Waals surface area contributed by atoms with E-state index in [-0.39, 0.29) is 0 Å². The minimum absolute atomic E-state index is 0.449. The molecule has 2 aromatic rings. The summed E-state index contributed by atoms with van der Waals surface area (Å²) in [7, 11) is 0. The van der Waals surface area contributed by atoms with Crippen molar-refractivity contribution in [2.75, 3.05) is 0 Å². The monoisotopic (exact) mass is 320 g/mol. The van der Waals surface area contributed by atoms with Gasteiger partial charge in [-0.1, -0.05) is 11.6 Å². The molecule has 2 heterocycles. The van der Waals surface area contributed by atoms with E-state index in [1.165, 1.54) is 0 Å². The van der Waals surface area contributed by atoms with Crippen LogP contribution < -0.4 is 0 Å². The number of halogens is 2. The van der Waals surface area contributed by atoms with Gasteiger partial charge in [0.2, 0.25) is 0 Å². The number of hydrogen-bond acceptors (Lipinski definition) is 3. The van der Waals surface area contributed by atoms with Crippen LogP contribution in [-0.2, 0) is 0 Å². The van der Waals surface area contributed by atoms with E-state index in [0.29, 0.717) is 16.7 Å². The Kier molecular flexibility index (Phi) is 2.73. The van der Waals surface area contributed by atoms with Crippen LogP contribution in [0, 0.1) is 10.5 Å². The van der Waals surface area contributed by atoms with Crippen molar-refractivity contribution in [1.29, 1.82) is 0 Å². The third-order valence-corrected chi connectivity index (χ3v) is 3.06. The van der Waals surface area contributed by atoms with Gasteiger partial charge in [0.05, 0.1) is 3.57 Å². The maximum atomic E-state index is 5.87. The Morgan fingerprint density at radius 1 is 1.43 bits per heavy atom. The fraction of sp³-hybridized carbons (Fsp3) is 0.111. The van der Waals surface area contributed by atoms with Gasteiger partial charge in [0.15, 0.2) is 11.6 Å². The molecule has 0 aromatic carbocycles. The summed E-state index contributed by atoms with van der Waals surface area (Å²) in [6.07, 6.45) is 1.67. The molecule has 0 atom stereocenters. The molecule has 0 unspecified atom stereocenters. The molecule has 2 aromatic heterocycles. The van der Waals surface area contributed by atoms with E-state index in [1.54, 1.807) is 6.20 Å². The van der Waals surface area contributed by atoms with Crippen LogP contribution in [0.2, 0.25) is 5.15 Å². The van der Waals surface area contributed by atoms with Crippen molar-refractivity contribution in [2.24, 2.45) is 0 Å². The largest absolute Gasteiger partial charge is 0.458 e. The van der Waals surface area contributed by atoms with Crippen molar-refractivity contribution in [3.63, 3.8) is 0 Å². The van der Waals surface area contributed by atoms with Crippen LogP contribution in [0.25, 0.3) is 11.6 Å². The summed E-state index contributed by atoms with van der Waals surface area (Å²) < 4.78 is 6.21. The number of nitrogens with zero attached hydrogens (tertiary/aromatic N) is 2. The molecule has 5 heteroatoms. The highest BCUT2D eigenvalue weighted by Crippen LogP contribution is 2.21. The second-order valence-corrected chi connectivity index (χ2v) is 4.26. The molecular weight excluding hydrogens is 314 g/mol. The Morgan fingerprint density at radius 3 is 2.79 bits per heavy atom. The minimum Gasteiger partial charge on any atom is -0.458 e. The molecule has 72 valence electrons. The number of aryl methyl sites for hydroxylation is 1. The topological polar surface area (TPSA) is 38.9 Å². The average Bonchev–Trinajstić information content (AvgIpc) is 2.57. The summed E-state index contributed by atoms with van der Waals surface area (Å²) in [5.41, 5.74) is 0. The zero-order chi connectivity index (χ0) is 10.1. The molecule has 3 nitrogen and oxygen atoms in total. The molecular formula is C9H6ClIN2O. The predicted octanol–water partition coefficient (Wildman–Crippen LogP) is 3.30. The van der Waals surface area contributed by atoms with E-state index in [9.17, 15) is 0 Å². The van der Waals surface area contributed by atoms with E-state index in [2.05, 4.69) is 32.6 Å². The standard InChI is InChI=1S/C9H6ClIN2O/c1-5-2-3-7(14-5)9-12-4-6(11)8(10)13-9/h2-4H,1H3. The highest BCUT2D eigenvalue weighted by Gasteiger charge is 2.07. The molecule has 0 fully saturated rings. The minimum atomic E-state index is 0.449. The normalized spacial score (nSPS) is 10.5. The fourth-order valence-electron chi connectivity index (χ4n) is 1.02. The Bertz CT molecular complexity index is 470. The van der Waals surface area contributed by atoms with Crippen LogP contribution in [0.4, 0.5) is 0 Å². The first-order valence-corrected chi connectivity index (χ1v) is 5.37. The Morgan fingerprint density at radius 2 is 2.21 bits per heavy atom. The molecule has 2 rings (SSSR count). The zero-order valence-corrected chi connectivity index (χ0v) is 10.2. The summed E-state index contributed by atoms with van der Waals surface area (Å²) in [5, 5.41) is 0.449. The number of furan rings is 1. The fourth-order valence-corrected chi connectivity index (χ4v) is 1.41. The summed E-state index contributed by atoms with van der Waals surface area (Å²) in [6, 6.07) is 3.69. The molecule has 0 amide bonds. The molecule has 14 heavy (non-hydrogen) atoms. The highest BCUT2D eigenvalue weighted by atomic mass is 127. The lowest BCUT2D eigenvalue weighted by Crippen LogP contribution is -1.89. The quantitative estimate of drug-likeness (QED) is 0.598. The number of aromatic nitrogens is 2. The van der Waals surface area contributed by atoms with Gasteiger partial charge in [0.1, 0.15) is 10.9 Å². The lowest BCUT2D eigenvalue weighted by molar-refractivity contribution is 0.544. The molecule has 0 radical (unpaired) electrons. The van der Waals surface area contributed by atoms with Crippen LogP contribution in [-0.4, -0.2) is 9.97 Å². The Balaban J connectivity index is 2.47. The average molecular weight is 321 g/mol. The van der Waals surface area contributed by atoms with Crippen molar-refractivity contribution < 1.29 is 4.42 Å². The molecule has 0 spiro atoms. The smallest absolute Gasteiger partial charge is 0.197 e. The molecule has 0 saturated carbocycles. The molecule has 0 aliphatic carbocycles. The van der Waals surface area contributed by atoms with Crippen LogP contribution in [0.3, 0.4) is 0 Å². The molecule has 0 saturated heterocycles. The van der Waals surface area contributed by atoms with Crippen LogP contribution >= 0.6 is 34.2 Å². The van der Waals surface area contributed by atoms with Gasteiger partial charge in [-0.25, -0.2) is 9.97 Å². The van der Waals surface area contributed by atoms with Gasteiger partial charge in [-0.15, -0.1) is 0 Å². The zero-order valence-electron chi connectivity index (χ0n) is 7.29. The van der Waals surface area contributed by atoms with Gasteiger partial charge in [0.25, 0.3) is 0 Å². The van der Waals surface area contributed by atoms with E-state index < -0.39 is 0 Å². The van der Waals surface area contributed by atoms with Gasteiger partial charge in [-0.3, -0.25) is 0 Å². The van der Waals surface area contributed by atoms with Gasteiger partial charge in [-0.2, -0.15) is 0 Å². The first-order valence-electron chi connectivity index (χ1n) is 3.91. The molecule has 0 bridgehead atoms. The lowest BCUT2D eigenvalue weighted by Gasteiger charge is -1.97. The molecule has 0 aliphatic heterocycles. The van der Waals surface area contributed by atoms with Crippen LogP contribution in [0.15, 0.2) is 22.7 Å². The van der Waals surface area contributed by atoms with Crippen LogP contribution in [0.5, 0.6) is 0 Å². The van der Waals surface area contributed by atoms with Gasteiger partial charge >= 0.3 is 0 Å². The van der Waals surface area contributed by atoms with Crippen molar-refractivity contribution in [1.82, 2.24) is 9.97 Å². The first-order chi connectivity index (χ1) is 6.66. The Hall–Kier alpha value is -0.620. The second kappa shape index (κ2) is 3.86. The van der Waals surface area contributed by atoms with E-state index in [1.807, 2.05) is 19.1 Å². The van der Waals surface area contributed by atoms with Gasteiger partial charge in [0, 0.05) is 6.20 Å². The maximum absolute atomic E-state index is 5.87. The second-order valence-electron chi connectivity index (χ2n) is 2.74. The maximum Gasteiger partial charge on any atom is 0.197 e. The third kappa shape index (κ3) is 1.90. The number of hydrogen-bond donors (Lipinski definition) is 0. The van der Waals surface area contributed by atoms with Crippen molar-refractivity contribution in [3.05, 3.63) is 32.8 Å². The predicted molar refractivity (Wildman–Crippen MR) is 62.2 cm³/mol. The van der Waals surface area contributed by atoms with E-state index in [0.717, 1.165) is 9.33 Å². The highest BCUT2D eigenvalue weighted by molar-refractivity contribution is 14.1. The van der Waals surface area contributed by atoms with Crippen LogP contribution in [0.1, 0.15) is 5.76 Å². The first kappa shape index (κ1) is 9.92. The SMILES string of the molecule is Cc1ccc(-c2ncc(I)c(Cl)n2)o1. The van der Waals surface area contributed by atoms with E-state index >= 15 is 0 Å². The summed E-state index contributed by atoms with van der Waals surface area (Å²) in [6.45, 7) is 1.87. The third-order valence-electron chi connectivity index (χ3n) is 1.66. The van der Waals surface area contributed by atoms with Crippen molar-refractivity contribution >= 4 is 34.2 Å². The van der Waals surface area contributed by atoms with Crippen molar-refractivity contribution in [3.8, 4) is 11.6 Å². The molecule has 0 aliphatic rings. The summed E-state index contributed by atoms with van der Waals surface area (Å²) in [5.74, 6) is 1.99. The van der Waals surface area contributed by atoms with E-state index in [4.69, 9.17) is 16.0 Å². The van der Waals surface area contributed by atoms with Gasteiger partial charge in [-0.05, 0) is 41.6 Å². The van der Waals surface area contributed by atoms with Gasteiger partial charge < -0.3 is 4.42 Å². The number of rotatable bonds is 1. The summed E-state index contributed by atoms with van der Waals surface area (Å²) >= 11 is 7.95. The molecule has 0 N–H and O–H groups in total. The van der Waals surface area contributed by atoms with Crippen molar-refractivity contribution in [2.45, 2.75) is 6.92 Å². The summed E-state index contributed by atoms with van der Waals surface area (Å²) in [4.78, 5) is 8.24. The Labute approximate surface area is 99.7 Å². The lowest BCUT2D eigenvalue weighted by atomic mass is 10.4.